The molecule has 0 saturated carbocycles. The summed E-state index contributed by atoms with van der Waals surface area (Å²) in [5.74, 6) is -2.62. The normalized spacial score (nSPS) is 19.5. The quantitative estimate of drug-likeness (QED) is 0.126. The second kappa shape index (κ2) is 9.38. The fraction of sp³-hybridized carbons (Fsp3) is 0.462. The second-order valence-electron chi connectivity index (χ2n) is 5.41. The highest BCUT2D eigenvalue weighted by Crippen LogP contribution is 2.27. The molecule has 0 bridgehead atoms. The van der Waals surface area contributed by atoms with Crippen molar-refractivity contribution in [2.75, 3.05) is 31.5 Å². The van der Waals surface area contributed by atoms with Crippen LogP contribution in [0.2, 0.25) is 0 Å². The van der Waals surface area contributed by atoms with E-state index in [0.29, 0.717) is 0 Å². The number of β-lactam (4-membered cyclic amide) rings is 1. The van der Waals surface area contributed by atoms with E-state index in [2.05, 4.69) is 25.0 Å². The second-order valence-corrected chi connectivity index (χ2v) is 8.79. The molecule has 13 nitrogen and oxygen atoms in total. The Morgan fingerprint density at radius 1 is 1.48 bits per heavy atom. The summed E-state index contributed by atoms with van der Waals surface area (Å²) in [6, 6.07) is -2.40. The first kappa shape index (κ1) is 22.9. The van der Waals surface area contributed by atoms with E-state index >= 15 is 0 Å². The van der Waals surface area contributed by atoms with Gasteiger partial charge < -0.3 is 20.6 Å². The Hall–Kier alpha value is -2.43. The molecule has 1 aliphatic heterocycles. The van der Waals surface area contributed by atoms with Crippen molar-refractivity contribution in [3.8, 4) is 0 Å². The summed E-state index contributed by atoms with van der Waals surface area (Å²) in [6.07, 6.45) is 1.29. The number of methoxy groups -OCH3 is 1. The third-order valence-corrected chi connectivity index (χ3v) is 6.39. The van der Waals surface area contributed by atoms with Crippen LogP contribution in [0.5, 0.6) is 0 Å². The summed E-state index contributed by atoms with van der Waals surface area (Å²) in [4.78, 5) is 44.7. The number of anilines is 1. The topological polar surface area (TPSA) is 191 Å². The molecule has 0 unspecified atom stereocenters. The fourth-order valence-corrected chi connectivity index (χ4v) is 4.97. The van der Waals surface area contributed by atoms with Crippen LogP contribution in [0.3, 0.4) is 0 Å². The van der Waals surface area contributed by atoms with Crippen molar-refractivity contribution >= 4 is 62.0 Å². The maximum atomic E-state index is 12.6. The number of aromatic nitrogens is 1. The van der Waals surface area contributed by atoms with E-state index in [1.807, 2.05) is 0 Å². The lowest BCUT2D eigenvalue weighted by Crippen LogP contribution is -2.73. The van der Waals surface area contributed by atoms with Gasteiger partial charge in [-0.1, -0.05) is 16.5 Å². The zero-order valence-corrected chi connectivity index (χ0v) is 17.5. The summed E-state index contributed by atoms with van der Waals surface area (Å²) in [5.41, 5.74) is 5.31. The number of nitrogen functional groups attached to an aromatic ring is 1. The van der Waals surface area contributed by atoms with Gasteiger partial charge in [-0.2, -0.15) is 8.42 Å². The SMILES string of the molecule is CO/N=C(\C(=O)N[C@@H]1C(=O)N(S(=O)(=O)O)[C@H]1CSCC(=O)OC)c1cnc(N)s1. The lowest BCUT2D eigenvalue weighted by molar-refractivity contribution is -0.143. The average molecular weight is 468 g/mol. The molecular formula is C13H17N5O8S3. The summed E-state index contributed by atoms with van der Waals surface area (Å²) in [5, 5.41) is 6.12. The lowest BCUT2D eigenvalue weighted by Gasteiger charge is -2.44. The molecule has 0 spiro atoms. The molecule has 16 heteroatoms. The van der Waals surface area contributed by atoms with Crippen molar-refractivity contribution in [1.82, 2.24) is 14.6 Å². The molecule has 2 atom stereocenters. The number of nitrogens with one attached hydrogen (secondary N) is 1. The molecule has 29 heavy (non-hydrogen) atoms. The molecule has 1 aromatic heterocycles. The smallest absolute Gasteiger partial charge is 0.362 e. The summed E-state index contributed by atoms with van der Waals surface area (Å²) < 4.78 is 36.9. The van der Waals surface area contributed by atoms with Gasteiger partial charge >= 0.3 is 16.3 Å². The number of rotatable bonds is 9. The van der Waals surface area contributed by atoms with Gasteiger partial charge in [0.25, 0.3) is 11.8 Å². The van der Waals surface area contributed by atoms with Gasteiger partial charge in [0.05, 0.1) is 23.8 Å². The molecule has 2 heterocycles. The van der Waals surface area contributed by atoms with Gasteiger partial charge in [-0.3, -0.25) is 18.9 Å². The molecule has 1 aromatic rings. The van der Waals surface area contributed by atoms with Gasteiger partial charge in [0.2, 0.25) is 0 Å². The molecule has 4 N–H and O–H groups in total. The van der Waals surface area contributed by atoms with Crippen molar-refractivity contribution in [3.63, 3.8) is 0 Å². The summed E-state index contributed by atoms with van der Waals surface area (Å²) >= 11 is 1.92. The van der Waals surface area contributed by atoms with Gasteiger partial charge in [0, 0.05) is 11.9 Å². The van der Waals surface area contributed by atoms with Crippen LogP contribution >= 0.6 is 23.1 Å². The molecule has 0 aromatic carbocycles. The minimum atomic E-state index is -4.85. The number of esters is 1. The predicted octanol–water partition coefficient (Wildman–Crippen LogP) is -1.52. The molecule has 1 aliphatic rings. The molecule has 1 fully saturated rings. The highest BCUT2D eigenvalue weighted by atomic mass is 32.2. The van der Waals surface area contributed by atoms with Crippen LogP contribution < -0.4 is 11.1 Å². The Morgan fingerprint density at radius 2 is 2.17 bits per heavy atom. The Balaban J connectivity index is 2.16. The molecule has 0 radical (unpaired) electrons. The van der Waals surface area contributed by atoms with Crippen LogP contribution in [0.4, 0.5) is 5.13 Å². The number of hydrogen-bond acceptors (Lipinski definition) is 12. The van der Waals surface area contributed by atoms with Crippen LogP contribution in [0, 0.1) is 0 Å². The Labute approximate surface area is 173 Å². The molecule has 0 aliphatic carbocycles. The standard InChI is InChI=1S/C13H17N5O8S3/c1-25-8(19)5-27-4-6-9(12(21)18(6)29(22,23)24)16-11(20)10(17-26-2)7-3-15-13(14)28-7/h3,6,9H,4-5H2,1-2H3,(H2,14,15)(H,16,20)(H,22,23,24)/b17-10-/t6-,9-/m0/s1. The maximum absolute atomic E-state index is 12.6. The number of nitrogens with zero attached hydrogens (tertiary/aromatic N) is 3. The van der Waals surface area contributed by atoms with E-state index in [1.165, 1.54) is 20.4 Å². The number of nitrogens with two attached hydrogens (primary N) is 1. The van der Waals surface area contributed by atoms with Crippen molar-refractivity contribution in [2.45, 2.75) is 12.1 Å². The number of carbonyl (C=O) groups excluding carboxylic acids is 3. The maximum Gasteiger partial charge on any atom is 0.362 e. The van der Waals surface area contributed by atoms with Gasteiger partial charge in [0.15, 0.2) is 10.8 Å². The van der Waals surface area contributed by atoms with E-state index in [0.717, 1.165) is 23.1 Å². The number of thioether (sulfide) groups is 1. The Kier molecular flexibility index (Phi) is 7.39. The van der Waals surface area contributed by atoms with E-state index in [9.17, 15) is 27.4 Å². The number of amides is 2. The number of ether oxygens (including phenoxy) is 1. The van der Waals surface area contributed by atoms with Crippen LogP contribution in [0.25, 0.3) is 0 Å². The Morgan fingerprint density at radius 3 is 2.69 bits per heavy atom. The van der Waals surface area contributed by atoms with Crippen LogP contribution in [0.15, 0.2) is 11.4 Å². The van der Waals surface area contributed by atoms with Crippen molar-refractivity contribution in [2.24, 2.45) is 5.16 Å². The zero-order chi connectivity index (χ0) is 21.8. The predicted molar refractivity (Wildman–Crippen MR) is 104 cm³/mol. The molecule has 2 rings (SSSR count). The zero-order valence-electron chi connectivity index (χ0n) is 15.1. The summed E-state index contributed by atoms with van der Waals surface area (Å²) in [6.45, 7) is 0. The first-order chi connectivity index (χ1) is 13.6. The van der Waals surface area contributed by atoms with Crippen molar-refractivity contribution in [1.29, 1.82) is 0 Å². The molecule has 1 saturated heterocycles. The number of thiazole rings is 1. The monoisotopic (exact) mass is 467 g/mol. The first-order valence-electron chi connectivity index (χ1n) is 7.69. The Bertz CT molecular complexity index is 931. The van der Waals surface area contributed by atoms with Gasteiger partial charge in [0.1, 0.15) is 13.2 Å². The molecular weight excluding hydrogens is 450 g/mol. The van der Waals surface area contributed by atoms with Gasteiger partial charge in [-0.15, -0.1) is 11.8 Å². The van der Waals surface area contributed by atoms with Crippen LogP contribution in [-0.2, 0) is 34.3 Å². The van der Waals surface area contributed by atoms with Gasteiger partial charge in [-0.05, 0) is 0 Å². The van der Waals surface area contributed by atoms with Crippen molar-refractivity contribution < 1.29 is 36.9 Å². The number of oxime groups is 1. The average Bonchev–Trinajstić information content (AvgIpc) is 3.07. The fourth-order valence-electron chi connectivity index (χ4n) is 2.34. The van der Waals surface area contributed by atoms with E-state index in [4.69, 9.17) is 5.73 Å². The van der Waals surface area contributed by atoms with E-state index in [-0.39, 0.29) is 31.5 Å². The van der Waals surface area contributed by atoms with Crippen LogP contribution in [0.1, 0.15) is 4.88 Å². The molecule has 160 valence electrons. The minimum absolute atomic E-state index is 0.0736. The summed E-state index contributed by atoms with van der Waals surface area (Å²) in [7, 11) is -2.45. The highest BCUT2D eigenvalue weighted by Gasteiger charge is 2.54. The number of hydrogen-bond donors (Lipinski definition) is 3. The van der Waals surface area contributed by atoms with Crippen LogP contribution in [-0.4, -0.2) is 83.6 Å². The first-order valence-corrected chi connectivity index (χ1v) is 11.1. The largest absolute Gasteiger partial charge is 0.468 e. The third kappa shape index (κ3) is 5.34. The van der Waals surface area contributed by atoms with E-state index < -0.39 is 40.2 Å². The number of carbonyl (C=O) groups is 3. The minimum Gasteiger partial charge on any atom is -0.468 e. The molecule has 2 amide bonds. The highest BCUT2D eigenvalue weighted by molar-refractivity contribution is 8.00. The van der Waals surface area contributed by atoms with Gasteiger partial charge in [-0.25, -0.2) is 9.29 Å². The van der Waals surface area contributed by atoms with Crippen molar-refractivity contribution in [3.05, 3.63) is 11.1 Å². The van der Waals surface area contributed by atoms with E-state index in [1.54, 1.807) is 0 Å². The lowest BCUT2D eigenvalue weighted by atomic mass is 10.0. The third-order valence-electron chi connectivity index (χ3n) is 3.60.